The van der Waals surface area contributed by atoms with Crippen LogP contribution in [0.1, 0.15) is 6.92 Å². The summed E-state index contributed by atoms with van der Waals surface area (Å²) >= 11 is 0. The number of aliphatic carboxylic acids is 1. The molecule has 0 bridgehead atoms. The van der Waals surface area contributed by atoms with Gasteiger partial charge in [-0.05, 0) is 6.92 Å². The van der Waals surface area contributed by atoms with Gasteiger partial charge in [0.2, 0.25) is 0 Å². The van der Waals surface area contributed by atoms with Crippen LogP contribution in [0.2, 0.25) is 0 Å². The first kappa shape index (κ1) is 10.1. The minimum atomic E-state index is -1.61. The number of aliphatic hydroxyl groups is 2. The van der Waals surface area contributed by atoms with Crippen molar-refractivity contribution in [3.05, 3.63) is 0 Å². The lowest BCUT2D eigenvalue weighted by molar-refractivity contribution is -0.150. The summed E-state index contributed by atoms with van der Waals surface area (Å²) in [5.74, 6) is -3.31. The molecular formula is C6H10O5. The van der Waals surface area contributed by atoms with Crippen LogP contribution >= 0.6 is 0 Å². The highest BCUT2D eigenvalue weighted by atomic mass is 16.4. The molecule has 11 heavy (non-hydrogen) atoms. The van der Waals surface area contributed by atoms with E-state index in [1.807, 2.05) is 0 Å². The maximum absolute atomic E-state index is 10.5. The van der Waals surface area contributed by atoms with Crippen LogP contribution in [-0.2, 0) is 9.59 Å². The third kappa shape index (κ3) is 2.65. The van der Waals surface area contributed by atoms with Crippen LogP contribution in [-0.4, -0.2) is 39.8 Å². The number of aliphatic hydroxyl groups excluding tert-OH is 2. The zero-order chi connectivity index (χ0) is 9.02. The van der Waals surface area contributed by atoms with E-state index in [9.17, 15) is 9.59 Å². The number of carbonyl (C=O) groups is 2. The second-order valence-corrected chi connectivity index (χ2v) is 2.20. The summed E-state index contributed by atoms with van der Waals surface area (Å²) in [6.45, 7) is 0.360. The van der Waals surface area contributed by atoms with Crippen molar-refractivity contribution in [2.24, 2.45) is 5.92 Å². The molecule has 0 fully saturated rings. The Morgan fingerprint density at radius 3 is 2.18 bits per heavy atom. The molecule has 0 amide bonds. The lowest BCUT2D eigenvalue weighted by atomic mass is 10.0. The van der Waals surface area contributed by atoms with Gasteiger partial charge in [-0.15, -0.1) is 0 Å². The summed E-state index contributed by atoms with van der Waals surface area (Å²) in [6, 6.07) is 0. The molecule has 3 N–H and O–H groups in total. The van der Waals surface area contributed by atoms with Gasteiger partial charge in [-0.2, -0.15) is 0 Å². The highest BCUT2D eigenvalue weighted by Gasteiger charge is 2.26. The van der Waals surface area contributed by atoms with E-state index in [0.29, 0.717) is 0 Å². The lowest BCUT2D eigenvalue weighted by Gasteiger charge is -2.11. The van der Waals surface area contributed by atoms with Crippen LogP contribution in [0.15, 0.2) is 0 Å². The zero-order valence-electron chi connectivity index (χ0n) is 6.02. The minimum absolute atomic E-state index is 0.835. The minimum Gasteiger partial charge on any atom is -0.481 e. The molecule has 0 aromatic rings. The Morgan fingerprint density at radius 1 is 1.45 bits per heavy atom. The van der Waals surface area contributed by atoms with Crippen molar-refractivity contribution in [3.8, 4) is 0 Å². The molecule has 0 aliphatic rings. The van der Waals surface area contributed by atoms with Crippen molar-refractivity contribution in [2.75, 3.05) is 6.61 Å². The predicted molar refractivity (Wildman–Crippen MR) is 34.9 cm³/mol. The molecule has 5 heteroatoms. The van der Waals surface area contributed by atoms with E-state index in [1.165, 1.54) is 6.92 Å². The van der Waals surface area contributed by atoms with Crippen LogP contribution in [0.4, 0.5) is 0 Å². The van der Waals surface area contributed by atoms with Crippen molar-refractivity contribution in [1.29, 1.82) is 0 Å². The molecule has 0 spiro atoms. The van der Waals surface area contributed by atoms with Crippen LogP contribution in [0, 0.1) is 5.92 Å². The molecule has 2 atom stereocenters. The summed E-state index contributed by atoms with van der Waals surface area (Å²) in [6.07, 6.45) is -1.61. The summed E-state index contributed by atoms with van der Waals surface area (Å²) < 4.78 is 0. The molecule has 0 saturated heterocycles. The average Bonchev–Trinajstić information content (AvgIpc) is 2.00. The normalized spacial score (nSPS) is 15.5. The number of carbonyl (C=O) groups excluding carboxylic acids is 1. The molecule has 5 nitrogen and oxygen atoms in total. The Kier molecular flexibility index (Phi) is 3.70. The maximum Gasteiger partial charge on any atom is 0.309 e. The van der Waals surface area contributed by atoms with E-state index in [4.69, 9.17) is 15.3 Å². The van der Waals surface area contributed by atoms with Crippen molar-refractivity contribution < 1.29 is 24.9 Å². The van der Waals surface area contributed by atoms with Gasteiger partial charge in [-0.25, -0.2) is 0 Å². The first-order valence-electron chi connectivity index (χ1n) is 3.05. The number of carboxylic acids is 1. The van der Waals surface area contributed by atoms with E-state index in [0.717, 1.165) is 0 Å². The molecule has 0 aliphatic heterocycles. The molecular weight excluding hydrogens is 152 g/mol. The predicted octanol–water partition coefficient (Wildman–Crippen LogP) is -1.37. The number of hydrogen-bond acceptors (Lipinski definition) is 4. The van der Waals surface area contributed by atoms with Crippen molar-refractivity contribution in [2.45, 2.75) is 13.0 Å². The monoisotopic (exact) mass is 162 g/mol. The van der Waals surface area contributed by atoms with Crippen LogP contribution in [0.25, 0.3) is 0 Å². The van der Waals surface area contributed by atoms with E-state index >= 15 is 0 Å². The van der Waals surface area contributed by atoms with Crippen LogP contribution in [0.5, 0.6) is 0 Å². The van der Waals surface area contributed by atoms with E-state index < -0.39 is 30.4 Å². The highest BCUT2D eigenvalue weighted by molar-refractivity contribution is 5.88. The Morgan fingerprint density at radius 2 is 1.91 bits per heavy atom. The number of Topliss-reactive ketones (excluding diaryl/α,β-unsaturated/α-hetero) is 1. The van der Waals surface area contributed by atoms with Gasteiger partial charge in [0, 0.05) is 0 Å². The largest absolute Gasteiger partial charge is 0.481 e. The Balaban J connectivity index is 4.12. The molecule has 2 unspecified atom stereocenters. The third-order valence-corrected chi connectivity index (χ3v) is 1.35. The Hall–Kier alpha value is -0.940. The van der Waals surface area contributed by atoms with Crippen LogP contribution in [0.3, 0.4) is 0 Å². The summed E-state index contributed by atoms with van der Waals surface area (Å²) in [7, 11) is 0. The number of ketones is 1. The summed E-state index contributed by atoms with van der Waals surface area (Å²) in [4.78, 5) is 20.7. The molecule has 0 heterocycles. The molecule has 0 saturated carbocycles. The van der Waals surface area contributed by atoms with Crippen molar-refractivity contribution in [3.63, 3.8) is 0 Å². The first-order chi connectivity index (χ1) is 5.00. The van der Waals surface area contributed by atoms with Crippen molar-refractivity contribution >= 4 is 11.8 Å². The van der Waals surface area contributed by atoms with Gasteiger partial charge in [0.15, 0.2) is 5.78 Å². The lowest BCUT2D eigenvalue weighted by Crippen LogP contribution is -2.34. The van der Waals surface area contributed by atoms with Crippen molar-refractivity contribution in [1.82, 2.24) is 0 Å². The van der Waals surface area contributed by atoms with E-state index in [1.54, 1.807) is 0 Å². The first-order valence-corrected chi connectivity index (χ1v) is 3.05. The van der Waals surface area contributed by atoms with Gasteiger partial charge >= 0.3 is 5.97 Å². The molecule has 64 valence electrons. The number of carboxylic acid groups (broad SMARTS) is 1. The fourth-order valence-corrected chi connectivity index (χ4v) is 0.507. The second-order valence-electron chi connectivity index (χ2n) is 2.20. The van der Waals surface area contributed by atoms with Gasteiger partial charge in [0.1, 0.15) is 12.7 Å². The number of hydrogen-bond donors (Lipinski definition) is 3. The molecule has 0 radical (unpaired) electrons. The number of rotatable bonds is 4. The Bertz CT molecular complexity index is 164. The Labute approximate surface area is 63.3 Å². The molecule has 0 aliphatic carbocycles. The van der Waals surface area contributed by atoms with E-state index in [2.05, 4.69) is 0 Å². The second kappa shape index (κ2) is 4.05. The molecule has 0 rings (SSSR count). The van der Waals surface area contributed by atoms with Gasteiger partial charge in [-0.3, -0.25) is 9.59 Å². The maximum atomic E-state index is 10.5. The standard InChI is InChI=1S/C6H10O5/c1-3(6(10)11)5(9)4(8)2-7/h3,5,7,9H,2H2,1H3,(H,10,11). The summed E-state index contributed by atoms with van der Waals surface area (Å²) in [5, 5.41) is 25.4. The van der Waals surface area contributed by atoms with Gasteiger partial charge in [0.25, 0.3) is 0 Å². The van der Waals surface area contributed by atoms with Gasteiger partial charge in [0.05, 0.1) is 5.92 Å². The highest BCUT2D eigenvalue weighted by Crippen LogP contribution is 2.03. The summed E-state index contributed by atoms with van der Waals surface area (Å²) in [5.41, 5.74) is 0. The average molecular weight is 162 g/mol. The fourth-order valence-electron chi connectivity index (χ4n) is 0.507. The van der Waals surface area contributed by atoms with E-state index in [-0.39, 0.29) is 0 Å². The van der Waals surface area contributed by atoms with Gasteiger partial charge in [-0.1, -0.05) is 0 Å². The third-order valence-electron chi connectivity index (χ3n) is 1.35. The quantitative estimate of drug-likeness (QED) is 0.474. The van der Waals surface area contributed by atoms with Gasteiger partial charge < -0.3 is 15.3 Å². The SMILES string of the molecule is CC(C(=O)O)C(O)C(=O)CO. The zero-order valence-corrected chi connectivity index (χ0v) is 6.02. The topological polar surface area (TPSA) is 94.8 Å². The smallest absolute Gasteiger partial charge is 0.309 e. The molecule has 0 aromatic heterocycles. The van der Waals surface area contributed by atoms with Crippen LogP contribution < -0.4 is 0 Å². The fraction of sp³-hybridized carbons (Fsp3) is 0.667. The molecule has 0 aromatic carbocycles.